The molecule has 1 aromatic carbocycles. The summed E-state index contributed by atoms with van der Waals surface area (Å²) in [5.41, 5.74) is 3.70. The number of thioether (sulfide) groups is 1. The van der Waals surface area contributed by atoms with E-state index in [2.05, 4.69) is 43.4 Å². The third-order valence-corrected chi connectivity index (χ3v) is 7.68. The number of nitrogens with one attached hydrogen (secondary N) is 1. The van der Waals surface area contributed by atoms with Crippen molar-refractivity contribution < 1.29 is 4.79 Å². The first kappa shape index (κ1) is 18.8. The van der Waals surface area contributed by atoms with Gasteiger partial charge in [0.2, 0.25) is 5.91 Å². The minimum atomic E-state index is 0.177. The average Bonchev–Trinajstić information content (AvgIpc) is 2.68. The van der Waals surface area contributed by atoms with Gasteiger partial charge in [0, 0.05) is 22.0 Å². The first-order valence-corrected chi connectivity index (χ1v) is 11.4. The third-order valence-electron chi connectivity index (χ3n) is 6.52. The number of benzene rings is 1. The third kappa shape index (κ3) is 4.01. The van der Waals surface area contributed by atoms with Crippen molar-refractivity contribution >= 4 is 28.6 Å². The molecular formula is C23H30N2OS. The van der Waals surface area contributed by atoms with Gasteiger partial charge in [0.15, 0.2) is 0 Å². The van der Waals surface area contributed by atoms with Crippen molar-refractivity contribution in [2.24, 2.45) is 11.8 Å². The highest BCUT2D eigenvalue weighted by atomic mass is 32.2. The van der Waals surface area contributed by atoms with Crippen LogP contribution in [0.2, 0.25) is 0 Å². The zero-order valence-corrected chi connectivity index (χ0v) is 17.3. The van der Waals surface area contributed by atoms with E-state index in [1.54, 1.807) is 11.8 Å². The van der Waals surface area contributed by atoms with Crippen molar-refractivity contribution in [2.75, 3.05) is 5.75 Å². The highest BCUT2D eigenvalue weighted by molar-refractivity contribution is 8.00. The minimum Gasteiger partial charge on any atom is -0.352 e. The zero-order chi connectivity index (χ0) is 18.8. The maximum absolute atomic E-state index is 12.7. The van der Waals surface area contributed by atoms with Crippen LogP contribution in [-0.4, -0.2) is 22.7 Å². The fourth-order valence-corrected chi connectivity index (χ4v) is 5.75. The highest BCUT2D eigenvalue weighted by Gasteiger charge is 2.28. The topological polar surface area (TPSA) is 42.0 Å². The summed E-state index contributed by atoms with van der Waals surface area (Å²) in [7, 11) is 0. The normalized spacial score (nSPS) is 25.2. The van der Waals surface area contributed by atoms with E-state index in [0.717, 1.165) is 24.8 Å². The van der Waals surface area contributed by atoms with Gasteiger partial charge in [-0.05, 0) is 55.6 Å². The summed E-state index contributed by atoms with van der Waals surface area (Å²) < 4.78 is 0. The summed E-state index contributed by atoms with van der Waals surface area (Å²) in [5, 5.41) is 4.53. The lowest BCUT2D eigenvalue weighted by Gasteiger charge is -2.34. The molecule has 0 unspecified atom stereocenters. The lowest BCUT2D eigenvalue weighted by molar-refractivity contribution is -0.119. The largest absolute Gasteiger partial charge is 0.352 e. The summed E-state index contributed by atoms with van der Waals surface area (Å²) in [4.78, 5) is 18.9. The molecule has 4 heteroatoms. The van der Waals surface area contributed by atoms with Crippen molar-refractivity contribution in [3.63, 3.8) is 0 Å². The van der Waals surface area contributed by atoms with Crippen molar-refractivity contribution in [3.05, 3.63) is 35.5 Å². The second-order valence-corrected chi connectivity index (χ2v) is 9.31. The molecule has 1 saturated carbocycles. The molecule has 0 aliphatic heterocycles. The molecule has 1 heterocycles. The summed E-state index contributed by atoms with van der Waals surface area (Å²) in [6, 6.07) is 8.72. The van der Waals surface area contributed by atoms with Gasteiger partial charge in [0.25, 0.3) is 0 Å². The second-order valence-electron chi connectivity index (χ2n) is 8.32. The molecule has 1 fully saturated rings. The number of nitrogens with zero attached hydrogens (tertiary/aromatic N) is 1. The van der Waals surface area contributed by atoms with Gasteiger partial charge in [0.05, 0.1) is 11.3 Å². The van der Waals surface area contributed by atoms with Gasteiger partial charge in [-0.15, -0.1) is 11.8 Å². The SMILES string of the molecule is C[C@@H]1[C@H](C)CCC[C@@H]1NC(=O)CSc1c2c(nc3ccccc13)CCCC2. The number of hydrogen-bond donors (Lipinski definition) is 1. The maximum atomic E-state index is 12.7. The van der Waals surface area contributed by atoms with Gasteiger partial charge in [-0.2, -0.15) is 0 Å². The molecule has 2 aromatic rings. The number of carbonyl (C=O) groups excluding carboxylic acids is 1. The van der Waals surface area contributed by atoms with Crippen LogP contribution in [0.25, 0.3) is 10.9 Å². The van der Waals surface area contributed by atoms with E-state index in [1.165, 1.54) is 47.2 Å². The van der Waals surface area contributed by atoms with E-state index in [0.29, 0.717) is 23.6 Å². The van der Waals surface area contributed by atoms with Gasteiger partial charge in [-0.25, -0.2) is 0 Å². The molecule has 3 atom stereocenters. The number of aryl methyl sites for hydroxylation is 1. The van der Waals surface area contributed by atoms with Crippen molar-refractivity contribution in [2.45, 2.75) is 69.7 Å². The Kier molecular flexibility index (Phi) is 5.72. The maximum Gasteiger partial charge on any atom is 0.230 e. The quantitative estimate of drug-likeness (QED) is 0.744. The van der Waals surface area contributed by atoms with E-state index in [9.17, 15) is 4.79 Å². The Morgan fingerprint density at radius 3 is 2.85 bits per heavy atom. The van der Waals surface area contributed by atoms with Crippen molar-refractivity contribution in [1.29, 1.82) is 0 Å². The van der Waals surface area contributed by atoms with Crippen LogP contribution in [0.1, 0.15) is 57.2 Å². The van der Waals surface area contributed by atoms with Crippen LogP contribution in [0, 0.1) is 11.8 Å². The predicted octanol–water partition coefficient (Wildman–Crippen LogP) is 5.15. The average molecular weight is 383 g/mol. The lowest BCUT2D eigenvalue weighted by Crippen LogP contribution is -2.44. The summed E-state index contributed by atoms with van der Waals surface area (Å²) in [6.07, 6.45) is 8.25. The summed E-state index contributed by atoms with van der Waals surface area (Å²) >= 11 is 1.71. The number of amides is 1. The molecule has 1 N–H and O–H groups in total. The van der Waals surface area contributed by atoms with Crippen LogP contribution in [0.5, 0.6) is 0 Å². The number of pyridine rings is 1. The van der Waals surface area contributed by atoms with Crippen LogP contribution in [-0.2, 0) is 17.6 Å². The van der Waals surface area contributed by atoms with Gasteiger partial charge in [-0.1, -0.05) is 44.9 Å². The smallest absolute Gasteiger partial charge is 0.230 e. The fraction of sp³-hybridized carbons (Fsp3) is 0.565. The fourth-order valence-electron chi connectivity index (χ4n) is 4.67. The molecule has 3 nitrogen and oxygen atoms in total. The van der Waals surface area contributed by atoms with E-state index in [4.69, 9.17) is 4.98 Å². The Balaban J connectivity index is 1.51. The van der Waals surface area contributed by atoms with Crippen LogP contribution in [0.3, 0.4) is 0 Å². The number of carbonyl (C=O) groups is 1. The Bertz CT molecular complexity index is 834. The molecule has 1 amide bonds. The van der Waals surface area contributed by atoms with Crippen molar-refractivity contribution in [3.8, 4) is 0 Å². The Hall–Kier alpha value is -1.55. The zero-order valence-electron chi connectivity index (χ0n) is 16.5. The molecule has 4 rings (SSSR count). The van der Waals surface area contributed by atoms with Gasteiger partial charge < -0.3 is 5.32 Å². The molecule has 27 heavy (non-hydrogen) atoms. The predicted molar refractivity (Wildman–Crippen MR) is 113 cm³/mol. The summed E-state index contributed by atoms with van der Waals surface area (Å²) in [5.74, 6) is 1.95. The number of fused-ring (bicyclic) bond motifs is 2. The number of aromatic nitrogens is 1. The number of hydrogen-bond acceptors (Lipinski definition) is 3. The number of para-hydroxylation sites is 1. The highest BCUT2D eigenvalue weighted by Crippen LogP contribution is 2.36. The van der Waals surface area contributed by atoms with Gasteiger partial charge >= 0.3 is 0 Å². The molecule has 0 saturated heterocycles. The van der Waals surface area contributed by atoms with Crippen LogP contribution in [0.4, 0.5) is 0 Å². The van der Waals surface area contributed by atoms with Crippen LogP contribution in [0.15, 0.2) is 29.2 Å². The molecule has 2 aliphatic carbocycles. The van der Waals surface area contributed by atoms with E-state index >= 15 is 0 Å². The van der Waals surface area contributed by atoms with E-state index in [1.807, 2.05) is 0 Å². The molecular weight excluding hydrogens is 352 g/mol. The minimum absolute atomic E-state index is 0.177. The molecule has 2 aliphatic rings. The first-order chi connectivity index (χ1) is 13.1. The van der Waals surface area contributed by atoms with Crippen molar-refractivity contribution in [1.82, 2.24) is 10.3 Å². The van der Waals surface area contributed by atoms with Gasteiger partial charge in [-0.3, -0.25) is 9.78 Å². The summed E-state index contributed by atoms with van der Waals surface area (Å²) in [6.45, 7) is 4.60. The first-order valence-electron chi connectivity index (χ1n) is 10.5. The molecule has 0 bridgehead atoms. The van der Waals surface area contributed by atoms with Crippen LogP contribution >= 0.6 is 11.8 Å². The Labute approximate surface area is 166 Å². The second kappa shape index (κ2) is 8.22. The molecule has 144 valence electrons. The monoisotopic (exact) mass is 382 g/mol. The Morgan fingerprint density at radius 1 is 1.15 bits per heavy atom. The van der Waals surface area contributed by atoms with Gasteiger partial charge in [0.1, 0.15) is 0 Å². The molecule has 1 aromatic heterocycles. The standard InChI is InChI=1S/C23H30N2OS/c1-15-8-7-13-19(16(15)2)25-22(26)14-27-23-17-9-3-5-11-20(17)24-21-12-6-4-10-18(21)23/h3,5,9,11,15-16,19H,4,6-8,10,12-14H2,1-2H3,(H,25,26)/t15-,16-,19+/m1/s1. The Morgan fingerprint density at radius 2 is 1.96 bits per heavy atom. The van der Waals surface area contributed by atoms with E-state index in [-0.39, 0.29) is 5.91 Å². The number of rotatable bonds is 4. The van der Waals surface area contributed by atoms with Crippen LogP contribution < -0.4 is 5.32 Å². The molecule has 0 radical (unpaired) electrons. The molecule has 0 spiro atoms. The van der Waals surface area contributed by atoms with E-state index < -0.39 is 0 Å². The lowest BCUT2D eigenvalue weighted by atomic mass is 9.78.